The van der Waals surface area contributed by atoms with Gasteiger partial charge in [0.1, 0.15) is 24.7 Å². The summed E-state index contributed by atoms with van der Waals surface area (Å²) in [7, 11) is 3.15. The van der Waals surface area contributed by atoms with Crippen LogP contribution in [0.4, 0.5) is 4.79 Å². The van der Waals surface area contributed by atoms with Gasteiger partial charge in [-0.15, -0.1) is 0 Å². The van der Waals surface area contributed by atoms with Crippen molar-refractivity contribution in [1.29, 1.82) is 0 Å². The number of amides is 2. The van der Waals surface area contributed by atoms with Gasteiger partial charge in [-0.1, -0.05) is 6.07 Å². The molecular weight excluding hydrogens is 382 g/mol. The van der Waals surface area contributed by atoms with Crippen LogP contribution in [0.3, 0.4) is 0 Å². The van der Waals surface area contributed by atoms with E-state index in [-0.39, 0.29) is 5.24 Å². The van der Waals surface area contributed by atoms with Crippen LogP contribution in [-0.2, 0) is 4.79 Å². The molecule has 1 aliphatic rings. The van der Waals surface area contributed by atoms with Gasteiger partial charge >= 0.3 is 0 Å². The van der Waals surface area contributed by atoms with Crippen LogP contribution in [0.5, 0.6) is 23.0 Å². The van der Waals surface area contributed by atoms with Crippen molar-refractivity contribution in [3.8, 4) is 23.0 Å². The van der Waals surface area contributed by atoms with Crippen LogP contribution < -0.4 is 24.3 Å². The first-order chi connectivity index (χ1) is 13.6. The lowest BCUT2D eigenvalue weighted by Gasteiger charge is -2.12. The summed E-state index contributed by atoms with van der Waals surface area (Å²) in [6, 6.07) is 12.6. The number of carbonyl (C=O) groups is 2. The van der Waals surface area contributed by atoms with Crippen LogP contribution in [0.1, 0.15) is 5.56 Å². The Hall–Kier alpha value is -3.13. The Bertz CT molecular complexity index is 894. The van der Waals surface area contributed by atoms with Crippen molar-refractivity contribution in [3.63, 3.8) is 0 Å². The van der Waals surface area contributed by atoms with Gasteiger partial charge in [0.2, 0.25) is 0 Å². The van der Waals surface area contributed by atoms with E-state index in [1.807, 2.05) is 24.3 Å². The lowest BCUT2D eigenvalue weighted by Crippen LogP contribution is -2.17. The van der Waals surface area contributed by atoms with Gasteiger partial charge in [-0.05, 0) is 59.8 Å². The molecule has 0 radical (unpaired) electrons. The molecule has 0 bridgehead atoms. The third kappa shape index (κ3) is 4.98. The fraction of sp³-hybridized carbons (Fsp3) is 0.200. The number of carbonyl (C=O) groups excluding carboxylic acids is 2. The Morgan fingerprint density at radius 2 is 1.61 bits per heavy atom. The summed E-state index contributed by atoms with van der Waals surface area (Å²) in [5.74, 6) is 2.17. The first-order valence-corrected chi connectivity index (χ1v) is 9.23. The average Bonchev–Trinajstić information content (AvgIpc) is 3.03. The van der Waals surface area contributed by atoms with Crippen molar-refractivity contribution >= 4 is 29.0 Å². The zero-order valence-electron chi connectivity index (χ0n) is 15.4. The third-order valence-corrected chi connectivity index (χ3v) is 4.61. The number of hydrogen-bond donors (Lipinski definition) is 1. The molecule has 3 rings (SSSR count). The van der Waals surface area contributed by atoms with Crippen molar-refractivity contribution in [2.75, 3.05) is 27.4 Å². The Labute approximate surface area is 166 Å². The largest absolute Gasteiger partial charge is 0.497 e. The Kier molecular flexibility index (Phi) is 6.44. The molecule has 1 fully saturated rings. The first-order valence-electron chi connectivity index (χ1n) is 8.41. The molecule has 2 amide bonds. The molecule has 0 unspecified atom stereocenters. The number of thioether (sulfide) groups is 1. The second-order valence-electron chi connectivity index (χ2n) is 5.63. The topological polar surface area (TPSA) is 83.1 Å². The van der Waals surface area contributed by atoms with Crippen LogP contribution in [-0.4, -0.2) is 38.6 Å². The van der Waals surface area contributed by atoms with Crippen LogP contribution >= 0.6 is 11.8 Å². The third-order valence-electron chi connectivity index (χ3n) is 3.80. The minimum atomic E-state index is -0.398. The Morgan fingerprint density at radius 1 is 0.893 bits per heavy atom. The van der Waals surface area contributed by atoms with Crippen LogP contribution in [0, 0.1) is 0 Å². The van der Waals surface area contributed by atoms with E-state index in [0.29, 0.717) is 29.6 Å². The van der Waals surface area contributed by atoms with Gasteiger partial charge in [0.15, 0.2) is 11.5 Å². The summed E-state index contributed by atoms with van der Waals surface area (Å²) in [6.07, 6.45) is 1.63. The SMILES string of the molecule is COc1ccc(OCCOc2ccc(/C=C3\SC(=O)NC3=O)cc2OC)cc1. The maximum absolute atomic E-state index is 11.6. The zero-order valence-corrected chi connectivity index (χ0v) is 16.2. The molecule has 0 saturated carbocycles. The molecule has 0 spiro atoms. The van der Waals surface area contributed by atoms with Crippen molar-refractivity contribution in [1.82, 2.24) is 5.32 Å². The lowest BCUT2D eigenvalue weighted by molar-refractivity contribution is -0.115. The highest BCUT2D eigenvalue weighted by atomic mass is 32.2. The van der Waals surface area contributed by atoms with E-state index in [0.717, 1.165) is 28.8 Å². The van der Waals surface area contributed by atoms with E-state index >= 15 is 0 Å². The molecule has 1 N–H and O–H groups in total. The number of ether oxygens (including phenoxy) is 4. The molecule has 0 atom stereocenters. The maximum Gasteiger partial charge on any atom is 0.290 e. The number of rotatable bonds is 8. The fourth-order valence-electron chi connectivity index (χ4n) is 2.45. The number of methoxy groups -OCH3 is 2. The minimum absolute atomic E-state index is 0.329. The molecule has 146 valence electrons. The van der Waals surface area contributed by atoms with Gasteiger partial charge in [0, 0.05) is 0 Å². The molecule has 1 aliphatic heterocycles. The Morgan fingerprint density at radius 3 is 2.25 bits per heavy atom. The molecule has 7 nitrogen and oxygen atoms in total. The van der Waals surface area contributed by atoms with Crippen molar-refractivity contribution in [2.24, 2.45) is 0 Å². The normalized spacial score (nSPS) is 14.7. The van der Waals surface area contributed by atoms with Gasteiger partial charge in [0.05, 0.1) is 19.1 Å². The highest BCUT2D eigenvalue weighted by Gasteiger charge is 2.25. The van der Waals surface area contributed by atoms with Gasteiger partial charge in [-0.3, -0.25) is 14.9 Å². The predicted molar refractivity (Wildman–Crippen MR) is 106 cm³/mol. The van der Waals surface area contributed by atoms with Crippen molar-refractivity contribution in [2.45, 2.75) is 0 Å². The lowest BCUT2D eigenvalue weighted by atomic mass is 10.2. The number of hydrogen-bond acceptors (Lipinski definition) is 7. The van der Waals surface area contributed by atoms with E-state index in [1.165, 1.54) is 7.11 Å². The predicted octanol–water partition coefficient (Wildman–Crippen LogP) is 3.49. The highest BCUT2D eigenvalue weighted by molar-refractivity contribution is 8.18. The van der Waals surface area contributed by atoms with E-state index in [4.69, 9.17) is 18.9 Å². The van der Waals surface area contributed by atoms with Gasteiger partial charge in [-0.25, -0.2) is 0 Å². The van der Waals surface area contributed by atoms with Crippen molar-refractivity contribution < 1.29 is 28.5 Å². The van der Waals surface area contributed by atoms with Gasteiger partial charge in [-0.2, -0.15) is 0 Å². The van der Waals surface area contributed by atoms with Gasteiger partial charge in [0.25, 0.3) is 11.1 Å². The molecule has 1 saturated heterocycles. The summed E-state index contributed by atoms with van der Waals surface area (Å²) >= 11 is 0.868. The molecule has 1 heterocycles. The molecule has 2 aromatic carbocycles. The van der Waals surface area contributed by atoms with Crippen LogP contribution in [0.2, 0.25) is 0 Å². The van der Waals surface area contributed by atoms with Crippen LogP contribution in [0.15, 0.2) is 47.4 Å². The van der Waals surface area contributed by atoms with E-state index in [2.05, 4.69) is 5.32 Å². The second-order valence-corrected chi connectivity index (χ2v) is 6.65. The first kappa shape index (κ1) is 19.6. The minimum Gasteiger partial charge on any atom is -0.497 e. The zero-order chi connectivity index (χ0) is 19.9. The van der Waals surface area contributed by atoms with E-state index in [1.54, 1.807) is 31.4 Å². The summed E-state index contributed by atoms with van der Waals surface area (Å²) in [5, 5.41) is 1.85. The summed E-state index contributed by atoms with van der Waals surface area (Å²) < 4.78 is 21.8. The smallest absolute Gasteiger partial charge is 0.290 e. The number of nitrogens with one attached hydrogen (secondary N) is 1. The molecule has 0 aliphatic carbocycles. The molecule has 8 heteroatoms. The summed E-state index contributed by atoms with van der Waals surface area (Å²) in [5.41, 5.74) is 0.728. The van der Waals surface area contributed by atoms with Gasteiger partial charge < -0.3 is 18.9 Å². The van der Waals surface area contributed by atoms with E-state index < -0.39 is 5.91 Å². The average molecular weight is 401 g/mol. The number of imide groups is 1. The quantitative estimate of drug-likeness (QED) is 0.535. The summed E-state index contributed by atoms with van der Waals surface area (Å²) in [6.45, 7) is 0.690. The maximum atomic E-state index is 11.6. The fourth-order valence-corrected chi connectivity index (χ4v) is 3.13. The summed E-state index contributed by atoms with van der Waals surface area (Å²) in [4.78, 5) is 23.2. The van der Waals surface area contributed by atoms with Crippen LogP contribution in [0.25, 0.3) is 6.08 Å². The molecule has 28 heavy (non-hydrogen) atoms. The number of benzene rings is 2. The highest BCUT2D eigenvalue weighted by Crippen LogP contribution is 2.31. The monoisotopic (exact) mass is 401 g/mol. The standard InChI is InChI=1S/C20H19NO6S/c1-24-14-4-6-15(7-5-14)26-9-10-27-16-8-3-13(11-17(16)25-2)12-18-19(22)21-20(23)28-18/h3-8,11-12H,9-10H2,1-2H3,(H,21,22,23)/b18-12-. The van der Waals surface area contributed by atoms with Crippen molar-refractivity contribution in [3.05, 3.63) is 52.9 Å². The molecular formula is C20H19NO6S. The van der Waals surface area contributed by atoms with E-state index in [9.17, 15) is 9.59 Å². The Balaban J connectivity index is 1.57. The second kappa shape index (κ2) is 9.18. The molecule has 2 aromatic rings. The molecule has 0 aromatic heterocycles.